The van der Waals surface area contributed by atoms with E-state index in [0.717, 1.165) is 34.1 Å². The van der Waals surface area contributed by atoms with Gasteiger partial charge in [0.05, 0.1) is 18.9 Å². The summed E-state index contributed by atoms with van der Waals surface area (Å²) >= 11 is 3.16. The summed E-state index contributed by atoms with van der Waals surface area (Å²) in [6.07, 6.45) is 5.29. The number of benzene rings is 1. The van der Waals surface area contributed by atoms with Crippen molar-refractivity contribution in [2.75, 3.05) is 32.5 Å². The van der Waals surface area contributed by atoms with E-state index in [1.165, 1.54) is 47.0 Å². The molecule has 2 aromatic heterocycles. The van der Waals surface area contributed by atoms with E-state index in [1.807, 2.05) is 12.1 Å². The molecule has 0 spiro atoms. The summed E-state index contributed by atoms with van der Waals surface area (Å²) < 4.78 is 5.31. The number of hydrogen-bond donors (Lipinski definition) is 1. The van der Waals surface area contributed by atoms with Crippen LogP contribution in [0.4, 0.5) is 0 Å². The topological polar surface area (TPSA) is 67.3 Å². The van der Waals surface area contributed by atoms with Crippen LogP contribution in [0.2, 0.25) is 0 Å². The van der Waals surface area contributed by atoms with Crippen LogP contribution in [0.25, 0.3) is 10.2 Å². The van der Waals surface area contributed by atoms with Crippen molar-refractivity contribution in [3.05, 3.63) is 46.6 Å². The molecule has 4 rings (SSSR count). The molecule has 170 valence electrons. The zero-order valence-electron chi connectivity index (χ0n) is 18.9. The first-order valence-corrected chi connectivity index (χ1v) is 12.8. The van der Waals surface area contributed by atoms with Crippen LogP contribution in [0.1, 0.15) is 41.3 Å². The van der Waals surface area contributed by atoms with Gasteiger partial charge in [0.2, 0.25) is 5.91 Å². The number of amides is 1. The van der Waals surface area contributed by atoms with Crippen LogP contribution < -0.4 is 10.1 Å². The van der Waals surface area contributed by atoms with Gasteiger partial charge in [-0.15, -0.1) is 11.3 Å². The normalized spacial score (nSPS) is 15.6. The number of likely N-dealkylation sites (tertiary alicyclic amines) is 1. The lowest BCUT2D eigenvalue weighted by molar-refractivity contribution is -0.118. The second-order valence-corrected chi connectivity index (χ2v) is 10.3. The van der Waals surface area contributed by atoms with Crippen LogP contribution in [0, 0.1) is 13.8 Å². The lowest BCUT2D eigenvalue weighted by Gasteiger charge is -2.35. The largest absolute Gasteiger partial charge is 0.497 e. The van der Waals surface area contributed by atoms with Gasteiger partial charge in [0.25, 0.3) is 0 Å². The minimum absolute atomic E-state index is 0.0295. The third kappa shape index (κ3) is 5.24. The van der Waals surface area contributed by atoms with Crippen molar-refractivity contribution in [2.24, 2.45) is 0 Å². The predicted molar refractivity (Wildman–Crippen MR) is 132 cm³/mol. The standard InChI is InChI=1S/C24H30N4O2S2/c1-16-17(2)32-24-22(16)23(26-15-27-24)31-14-21(29)25-13-20(28-11-5-4-6-12-28)18-7-9-19(30-3)10-8-18/h7-10,15,20H,4-6,11-14H2,1-3H3,(H,25,29). The van der Waals surface area contributed by atoms with Gasteiger partial charge >= 0.3 is 0 Å². The maximum Gasteiger partial charge on any atom is 0.230 e. The number of aromatic nitrogens is 2. The summed E-state index contributed by atoms with van der Waals surface area (Å²) in [7, 11) is 1.68. The van der Waals surface area contributed by atoms with E-state index in [0.29, 0.717) is 12.3 Å². The van der Waals surface area contributed by atoms with Crippen LogP contribution in [0.15, 0.2) is 35.6 Å². The Hall–Kier alpha value is -2.16. The van der Waals surface area contributed by atoms with Crippen molar-refractivity contribution in [3.63, 3.8) is 0 Å². The van der Waals surface area contributed by atoms with Gasteiger partial charge in [0.1, 0.15) is 21.9 Å². The molecule has 32 heavy (non-hydrogen) atoms. The molecule has 1 saturated heterocycles. The number of hydrogen-bond acceptors (Lipinski definition) is 7. The van der Waals surface area contributed by atoms with Crippen molar-refractivity contribution < 1.29 is 9.53 Å². The molecule has 1 amide bonds. The lowest BCUT2D eigenvalue weighted by atomic mass is 10.0. The molecule has 1 N–H and O–H groups in total. The number of carbonyl (C=O) groups excluding carboxylic acids is 1. The molecule has 1 atom stereocenters. The maximum absolute atomic E-state index is 12.8. The molecule has 1 fully saturated rings. The van der Waals surface area contributed by atoms with E-state index in [4.69, 9.17) is 4.74 Å². The number of nitrogens with one attached hydrogen (secondary N) is 1. The highest BCUT2D eigenvalue weighted by molar-refractivity contribution is 8.00. The maximum atomic E-state index is 12.8. The van der Waals surface area contributed by atoms with Gasteiger partial charge in [-0.3, -0.25) is 9.69 Å². The third-order valence-electron chi connectivity index (χ3n) is 6.10. The Morgan fingerprint density at radius 3 is 2.66 bits per heavy atom. The number of nitrogens with zero attached hydrogens (tertiary/aromatic N) is 3. The zero-order chi connectivity index (χ0) is 22.5. The smallest absolute Gasteiger partial charge is 0.230 e. The van der Waals surface area contributed by atoms with Crippen LogP contribution in [0.5, 0.6) is 5.75 Å². The number of thioether (sulfide) groups is 1. The molecule has 0 aliphatic carbocycles. The molecule has 1 aliphatic heterocycles. The number of piperidine rings is 1. The number of rotatable bonds is 8. The molecule has 0 saturated carbocycles. The highest BCUT2D eigenvalue weighted by Gasteiger charge is 2.23. The summed E-state index contributed by atoms with van der Waals surface area (Å²) in [6.45, 7) is 6.93. The van der Waals surface area contributed by atoms with Gasteiger partial charge in [0, 0.05) is 16.8 Å². The molecule has 6 nitrogen and oxygen atoms in total. The molecule has 1 aromatic carbocycles. The first-order valence-electron chi connectivity index (χ1n) is 11.0. The molecule has 0 radical (unpaired) electrons. The van der Waals surface area contributed by atoms with Gasteiger partial charge < -0.3 is 10.1 Å². The minimum Gasteiger partial charge on any atom is -0.497 e. The number of methoxy groups -OCH3 is 1. The van der Waals surface area contributed by atoms with Crippen molar-refractivity contribution >= 4 is 39.2 Å². The third-order valence-corrected chi connectivity index (χ3v) is 8.20. The fourth-order valence-corrected chi connectivity index (χ4v) is 6.12. The number of thiophene rings is 1. The highest BCUT2D eigenvalue weighted by Crippen LogP contribution is 2.34. The fraction of sp³-hybridized carbons (Fsp3) is 0.458. The van der Waals surface area contributed by atoms with E-state index in [2.05, 4.69) is 46.2 Å². The molecule has 3 aromatic rings. The summed E-state index contributed by atoms with van der Waals surface area (Å²) in [5, 5.41) is 5.14. The Labute approximate surface area is 197 Å². The van der Waals surface area contributed by atoms with Crippen molar-refractivity contribution in [2.45, 2.75) is 44.2 Å². The van der Waals surface area contributed by atoms with Gasteiger partial charge in [-0.25, -0.2) is 9.97 Å². The van der Waals surface area contributed by atoms with E-state index >= 15 is 0 Å². The van der Waals surface area contributed by atoms with E-state index in [9.17, 15) is 4.79 Å². The van der Waals surface area contributed by atoms with E-state index in [1.54, 1.807) is 24.8 Å². The van der Waals surface area contributed by atoms with Gasteiger partial charge in [-0.05, 0) is 63.0 Å². The summed E-state index contributed by atoms with van der Waals surface area (Å²) in [4.78, 5) is 26.3. The quantitative estimate of drug-likeness (QED) is 0.378. The molecule has 8 heteroatoms. The number of fused-ring (bicyclic) bond motifs is 1. The first-order chi connectivity index (χ1) is 15.6. The van der Waals surface area contributed by atoms with Crippen molar-refractivity contribution in [1.29, 1.82) is 0 Å². The molecular weight excluding hydrogens is 440 g/mol. The van der Waals surface area contributed by atoms with Crippen LogP contribution in [-0.2, 0) is 4.79 Å². The Morgan fingerprint density at radius 2 is 1.94 bits per heavy atom. The zero-order valence-corrected chi connectivity index (χ0v) is 20.5. The molecule has 3 heterocycles. The second kappa shape index (κ2) is 10.6. The van der Waals surface area contributed by atoms with Crippen molar-refractivity contribution in [3.8, 4) is 5.75 Å². The first kappa shape index (κ1) is 23.0. The fourth-order valence-electron chi connectivity index (χ4n) is 4.17. The average molecular weight is 471 g/mol. The van der Waals surface area contributed by atoms with E-state index < -0.39 is 0 Å². The Kier molecular flexibility index (Phi) is 7.65. The van der Waals surface area contributed by atoms with Crippen molar-refractivity contribution in [1.82, 2.24) is 20.2 Å². The number of aryl methyl sites for hydroxylation is 2. The summed E-state index contributed by atoms with van der Waals surface area (Å²) in [5.74, 6) is 1.22. The van der Waals surface area contributed by atoms with Crippen LogP contribution in [-0.4, -0.2) is 53.3 Å². The minimum atomic E-state index is 0.0295. The Bertz CT molecular complexity index is 1060. The summed E-state index contributed by atoms with van der Waals surface area (Å²) in [6, 6.07) is 8.38. The molecule has 1 unspecified atom stereocenters. The predicted octanol–water partition coefficient (Wildman–Crippen LogP) is 4.75. The highest BCUT2D eigenvalue weighted by atomic mass is 32.2. The number of ether oxygens (including phenoxy) is 1. The van der Waals surface area contributed by atoms with Crippen LogP contribution >= 0.6 is 23.1 Å². The van der Waals surface area contributed by atoms with E-state index in [-0.39, 0.29) is 11.9 Å². The monoisotopic (exact) mass is 470 g/mol. The Balaban J connectivity index is 1.41. The average Bonchev–Trinajstić information content (AvgIpc) is 3.13. The molecular formula is C24H30N4O2S2. The van der Waals surface area contributed by atoms with Gasteiger partial charge in [-0.1, -0.05) is 30.3 Å². The summed E-state index contributed by atoms with van der Waals surface area (Å²) in [5.41, 5.74) is 2.42. The molecule has 1 aliphatic rings. The van der Waals surface area contributed by atoms with Crippen LogP contribution in [0.3, 0.4) is 0 Å². The SMILES string of the molecule is COc1ccc(C(CNC(=O)CSc2ncnc3sc(C)c(C)c23)N2CCCCC2)cc1. The van der Waals surface area contributed by atoms with Gasteiger partial charge in [-0.2, -0.15) is 0 Å². The Morgan fingerprint density at radius 1 is 1.19 bits per heavy atom. The second-order valence-electron chi connectivity index (χ2n) is 8.12. The molecule has 0 bridgehead atoms. The number of carbonyl (C=O) groups is 1. The lowest BCUT2D eigenvalue weighted by Crippen LogP contribution is -2.41. The van der Waals surface area contributed by atoms with Gasteiger partial charge in [0.15, 0.2) is 0 Å².